The molecule has 0 saturated carbocycles. The molecule has 20 heavy (non-hydrogen) atoms. The molecule has 0 aliphatic rings. The molecule has 0 spiro atoms. The Kier molecular flexibility index (Phi) is 4.98. The van der Waals surface area contributed by atoms with Crippen molar-refractivity contribution in [3.63, 3.8) is 0 Å². The first-order chi connectivity index (χ1) is 9.34. The highest BCUT2D eigenvalue weighted by atomic mass is 16.5. The Morgan fingerprint density at radius 1 is 1.50 bits per heavy atom. The Labute approximate surface area is 119 Å². The molecule has 1 rings (SSSR count). The van der Waals surface area contributed by atoms with Crippen LogP contribution in [0.5, 0.6) is 5.75 Å². The van der Waals surface area contributed by atoms with Gasteiger partial charge in [0.15, 0.2) is 0 Å². The van der Waals surface area contributed by atoms with Crippen LogP contribution in [0.1, 0.15) is 39.2 Å². The summed E-state index contributed by atoms with van der Waals surface area (Å²) in [4.78, 5) is 11.6. The van der Waals surface area contributed by atoms with E-state index < -0.39 is 17.4 Å². The van der Waals surface area contributed by atoms with Gasteiger partial charge in [0.1, 0.15) is 23.5 Å². The van der Waals surface area contributed by atoms with Gasteiger partial charge in [-0.15, -0.1) is 0 Å². The normalized spacial score (nSPS) is 12.5. The minimum atomic E-state index is -0.826. The highest BCUT2D eigenvalue weighted by Crippen LogP contribution is 2.31. The topological polar surface area (TPSA) is 102 Å². The summed E-state index contributed by atoms with van der Waals surface area (Å²) in [5, 5.41) is 9.15. The predicted molar refractivity (Wildman–Crippen MR) is 77.9 cm³/mol. The van der Waals surface area contributed by atoms with E-state index in [2.05, 4.69) is 0 Å². The van der Waals surface area contributed by atoms with Crippen molar-refractivity contribution < 1.29 is 9.53 Å². The van der Waals surface area contributed by atoms with Crippen molar-refractivity contribution >= 4 is 11.6 Å². The van der Waals surface area contributed by atoms with Crippen LogP contribution in [-0.2, 0) is 4.79 Å². The largest absolute Gasteiger partial charge is 0.488 e. The van der Waals surface area contributed by atoms with Gasteiger partial charge in [-0.25, -0.2) is 0 Å². The maximum atomic E-state index is 11.6. The lowest BCUT2D eigenvalue weighted by Crippen LogP contribution is -2.44. The van der Waals surface area contributed by atoms with Crippen molar-refractivity contribution in [1.82, 2.24) is 0 Å². The highest BCUT2D eigenvalue weighted by molar-refractivity contribution is 5.80. The van der Waals surface area contributed by atoms with E-state index in [4.69, 9.17) is 21.5 Å². The fourth-order valence-corrected chi connectivity index (χ4v) is 1.91. The number of carbonyl (C=O) groups excluding carboxylic acids is 1. The number of primary amides is 1. The van der Waals surface area contributed by atoms with Crippen LogP contribution in [0.2, 0.25) is 0 Å². The highest BCUT2D eigenvalue weighted by Gasteiger charge is 2.36. The monoisotopic (exact) mass is 275 g/mol. The fraction of sp³-hybridized carbons (Fsp3) is 0.467. The van der Waals surface area contributed by atoms with E-state index in [-0.39, 0.29) is 5.56 Å². The van der Waals surface area contributed by atoms with Gasteiger partial charge >= 0.3 is 0 Å². The van der Waals surface area contributed by atoms with Crippen molar-refractivity contribution in [3.8, 4) is 11.8 Å². The quantitative estimate of drug-likeness (QED) is 0.777. The van der Waals surface area contributed by atoms with Gasteiger partial charge in [0, 0.05) is 0 Å². The second-order valence-electron chi connectivity index (χ2n) is 5.31. The predicted octanol–water partition coefficient (Wildman–Crippen LogP) is 2.20. The van der Waals surface area contributed by atoms with Crippen LogP contribution in [-0.4, -0.2) is 12.0 Å². The average Bonchev–Trinajstić information content (AvgIpc) is 2.38. The van der Waals surface area contributed by atoms with Crippen molar-refractivity contribution in [2.24, 2.45) is 11.1 Å². The molecule has 1 aromatic carbocycles. The molecule has 0 aliphatic heterocycles. The number of nitrogens with zero attached hydrogens (tertiary/aromatic N) is 1. The summed E-state index contributed by atoms with van der Waals surface area (Å²) in [6.07, 6.45) is 1.10. The molecular weight excluding hydrogens is 254 g/mol. The lowest BCUT2D eigenvalue weighted by Gasteiger charge is -2.32. The Morgan fingerprint density at radius 2 is 2.15 bits per heavy atom. The molecule has 0 radical (unpaired) electrons. The minimum absolute atomic E-state index is 0.286. The van der Waals surface area contributed by atoms with Crippen LogP contribution >= 0.6 is 0 Å². The summed E-state index contributed by atoms with van der Waals surface area (Å²) in [7, 11) is 0. The van der Waals surface area contributed by atoms with E-state index in [1.165, 1.54) is 0 Å². The first-order valence-corrected chi connectivity index (χ1v) is 6.59. The fourth-order valence-electron chi connectivity index (χ4n) is 1.91. The standard InChI is InChI=1S/C15H21N3O2/c1-4-6-13(15(2,3)14(18)19)20-12-8-5-7-11(17)10(12)9-16/h5,7-8,13H,4,6,17H2,1-3H3,(H2,18,19). The summed E-state index contributed by atoms with van der Waals surface area (Å²) in [5.41, 5.74) is 11.0. The van der Waals surface area contributed by atoms with Gasteiger partial charge in [0.2, 0.25) is 5.91 Å². The molecule has 1 unspecified atom stereocenters. The molecule has 1 amide bonds. The molecule has 0 aliphatic carbocycles. The third-order valence-electron chi connectivity index (χ3n) is 3.43. The van der Waals surface area contributed by atoms with E-state index in [0.29, 0.717) is 17.9 Å². The molecule has 5 nitrogen and oxygen atoms in total. The van der Waals surface area contributed by atoms with Gasteiger partial charge in [0.25, 0.3) is 0 Å². The maximum Gasteiger partial charge on any atom is 0.226 e. The molecule has 1 aromatic rings. The molecule has 0 saturated heterocycles. The first-order valence-electron chi connectivity index (χ1n) is 6.59. The van der Waals surface area contributed by atoms with Crippen LogP contribution in [0, 0.1) is 16.7 Å². The van der Waals surface area contributed by atoms with Crippen LogP contribution in [0.3, 0.4) is 0 Å². The van der Waals surface area contributed by atoms with E-state index in [0.717, 1.165) is 6.42 Å². The number of hydrogen-bond donors (Lipinski definition) is 2. The van der Waals surface area contributed by atoms with Gasteiger partial charge in [-0.2, -0.15) is 5.26 Å². The van der Waals surface area contributed by atoms with Crippen LogP contribution in [0.15, 0.2) is 18.2 Å². The van der Waals surface area contributed by atoms with E-state index in [1.807, 2.05) is 13.0 Å². The summed E-state index contributed by atoms with van der Waals surface area (Å²) in [6.45, 7) is 5.49. The van der Waals surface area contributed by atoms with Gasteiger partial charge in [-0.05, 0) is 32.4 Å². The van der Waals surface area contributed by atoms with Crippen LogP contribution in [0.4, 0.5) is 5.69 Å². The first kappa shape index (κ1) is 15.8. The molecule has 4 N–H and O–H groups in total. The molecule has 0 aromatic heterocycles. The zero-order valence-corrected chi connectivity index (χ0v) is 12.1. The van der Waals surface area contributed by atoms with Gasteiger partial charge in [-0.1, -0.05) is 19.4 Å². The zero-order chi connectivity index (χ0) is 15.3. The van der Waals surface area contributed by atoms with E-state index in [9.17, 15) is 4.79 Å². The van der Waals surface area contributed by atoms with E-state index in [1.54, 1.807) is 32.0 Å². The van der Waals surface area contributed by atoms with Gasteiger partial charge in [-0.3, -0.25) is 4.79 Å². The van der Waals surface area contributed by atoms with Crippen LogP contribution in [0.25, 0.3) is 0 Å². The molecule has 5 heteroatoms. The third kappa shape index (κ3) is 3.21. The van der Waals surface area contributed by atoms with Gasteiger partial charge in [0.05, 0.1) is 11.1 Å². The Bertz CT molecular complexity index is 532. The van der Waals surface area contributed by atoms with Gasteiger partial charge < -0.3 is 16.2 Å². The third-order valence-corrected chi connectivity index (χ3v) is 3.43. The summed E-state index contributed by atoms with van der Waals surface area (Å²) < 4.78 is 5.88. The number of nitrogens with two attached hydrogens (primary N) is 2. The van der Waals surface area contributed by atoms with E-state index >= 15 is 0 Å². The molecule has 1 atom stereocenters. The number of hydrogen-bond acceptors (Lipinski definition) is 4. The number of rotatable bonds is 6. The molecule has 108 valence electrons. The lowest BCUT2D eigenvalue weighted by atomic mass is 9.83. The average molecular weight is 275 g/mol. The number of amides is 1. The molecule has 0 bridgehead atoms. The Hall–Kier alpha value is -2.22. The number of nitriles is 1. The van der Waals surface area contributed by atoms with Crippen molar-refractivity contribution in [2.45, 2.75) is 39.7 Å². The van der Waals surface area contributed by atoms with Crippen molar-refractivity contribution in [1.29, 1.82) is 5.26 Å². The SMILES string of the molecule is CCCC(Oc1cccc(N)c1C#N)C(C)(C)C(N)=O. The second-order valence-corrected chi connectivity index (χ2v) is 5.31. The number of benzene rings is 1. The van der Waals surface area contributed by atoms with Crippen molar-refractivity contribution in [2.75, 3.05) is 5.73 Å². The number of nitrogen functional groups attached to an aromatic ring is 1. The maximum absolute atomic E-state index is 11.6. The number of ether oxygens (including phenoxy) is 1. The molecule has 0 heterocycles. The Morgan fingerprint density at radius 3 is 2.65 bits per heavy atom. The van der Waals surface area contributed by atoms with Crippen LogP contribution < -0.4 is 16.2 Å². The van der Waals surface area contributed by atoms with Crippen molar-refractivity contribution in [3.05, 3.63) is 23.8 Å². The summed E-state index contributed by atoms with van der Waals surface area (Å²) in [5.74, 6) is -0.0429. The number of anilines is 1. The lowest BCUT2D eigenvalue weighted by molar-refractivity contribution is -0.131. The Balaban J connectivity index is 3.13. The zero-order valence-electron chi connectivity index (χ0n) is 12.1. The molecular formula is C15H21N3O2. The smallest absolute Gasteiger partial charge is 0.226 e. The summed E-state index contributed by atoms with van der Waals surface area (Å²) in [6, 6.07) is 7.05. The second kappa shape index (κ2) is 6.29. The number of carbonyl (C=O) groups is 1. The minimum Gasteiger partial charge on any atom is -0.488 e. The summed E-state index contributed by atoms with van der Waals surface area (Å²) >= 11 is 0. The molecule has 0 fully saturated rings.